The second-order valence-corrected chi connectivity index (χ2v) is 3.70. The molecule has 0 spiro atoms. The normalized spacial score (nSPS) is 28.6. The number of esters is 2. The van der Waals surface area contributed by atoms with Crippen molar-refractivity contribution in [2.45, 2.75) is 6.42 Å². The molecule has 0 aliphatic heterocycles. The maximum absolute atomic E-state index is 11.6. The molecule has 0 amide bonds. The van der Waals surface area contributed by atoms with Crippen LogP contribution < -0.4 is 0 Å². The summed E-state index contributed by atoms with van der Waals surface area (Å²) in [5.74, 6) is -2.58. The summed E-state index contributed by atoms with van der Waals surface area (Å²) in [6.45, 7) is -0.155. The van der Waals surface area contributed by atoms with E-state index in [4.69, 9.17) is 0 Å². The van der Waals surface area contributed by atoms with Crippen LogP contribution in [0.1, 0.15) is 6.42 Å². The zero-order valence-electron chi connectivity index (χ0n) is 9.38. The molecule has 0 saturated heterocycles. The molecule has 0 aromatic rings. The van der Waals surface area contributed by atoms with Crippen LogP contribution in [-0.4, -0.2) is 37.9 Å². The number of aliphatic hydroxyl groups is 1. The summed E-state index contributed by atoms with van der Waals surface area (Å²) >= 11 is 0. The summed E-state index contributed by atoms with van der Waals surface area (Å²) in [4.78, 5) is 23.1. The summed E-state index contributed by atoms with van der Waals surface area (Å²) < 4.78 is 9.28. The number of carbonyl (C=O) groups excluding carboxylic acids is 2. The average Bonchev–Trinajstić information content (AvgIpc) is 2.35. The molecule has 5 nitrogen and oxygen atoms in total. The van der Waals surface area contributed by atoms with E-state index in [-0.39, 0.29) is 12.5 Å². The molecule has 1 rings (SSSR count). The van der Waals surface area contributed by atoms with E-state index in [1.807, 2.05) is 0 Å². The lowest BCUT2D eigenvalue weighted by Crippen LogP contribution is -2.39. The predicted octanol–water partition coefficient (Wildman–Crippen LogP) is 0.133. The van der Waals surface area contributed by atoms with Gasteiger partial charge < -0.3 is 14.6 Å². The van der Waals surface area contributed by atoms with Crippen LogP contribution in [0, 0.1) is 17.8 Å². The number of methoxy groups -OCH3 is 2. The van der Waals surface area contributed by atoms with E-state index in [2.05, 4.69) is 9.47 Å². The van der Waals surface area contributed by atoms with Crippen LogP contribution in [0.2, 0.25) is 0 Å². The van der Waals surface area contributed by atoms with Gasteiger partial charge in [-0.15, -0.1) is 0 Å². The molecule has 0 heterocycles. The average molecular weight is 228 g/mol. The van der Waals surface area contributed by atoms with Crippen molar-refractivity contribution in [2.24, 2.45) is 17.8 Å². The molecule has 1 aliphatic carbocycles. The maximum atomic E-state index is 11.6. The fourth-order valence-corrected chi connectivity index (χ4v) is 1.98. The first-order valence-corrected chi connectivity index (χ1v) is 5.08. The Bertz CT molecular complexity index is 297. The quantitative estimate of drug-likeness (QED) is 0.549. The van der Waals surface area contributed by atoms with E-state index in [1.54, 1.807) is 12.2 Å². The van der Waals surface area contributed by atoms with Crippen molar-refractivity contribution in [2.75, 3.05) is 20.8 Å². The Kier molecular flexibility index (Phi) is 4.49. The van der Waals surface area contributed by atoms with Crippen molar-refractivity contribution in [1.82, 2.24) is 0 Å². The standard InChI is InChI=1S/C11H16O5/c1-15-10(13)8-5-3-4-7(6-12)9(8)11(14)16-2/h3,5,7-9,12H,4,6H2,1-2H3/t7-,8+,9+/m0/s1. The number of carbonyl (C=O) groups is 2. The van der Waals surface area contributed by atoms with Crippen LogP contribution in [0.3, 0.4) is 0 Å². The van der Waals surface area contributed by atoms with Crippen molar-refractivity contribution in [3.8, 4) is 0 Å². The minimum Gasteiger partial charge on any atom is -0.469 e. The van der Waals surface area contributed by atoms with Gasteiger partial charge in [0.1, 0.15) is 0 Å². The monoisotopic (exact) mass is 228 g/mol. The zero-order valence-corrected chi connectivity index (χ0v) is 9.38. The number of ether oxygens (including phenoxy) is 2. The summed E-state index contributed by atoms with van der Waals surface area (Å²) in [6.07, 6.45) is 3.98. The van der Waals surface area contributed by atoms with Gasteiger partial charge in [0.05, 0.1) is 26.1 Å². The SMILES string of the molecule is COC(=O)[C@@H]1[C@H](CO)CC=C[C@H]1C(=O)OC. The van der Waals surface area contributed by atoms with E-state index in [0.29, 0.717) is 6.42 Å². The Labute approximate surface area is 94.0 Å². The molecule has 5 heteroatoms. The third-order valence-corrected chi connectivity index (χ3v) is 2.86. The Morgan fingerprint density at radius 1 is 1.31 bits per heavy atom. The molecule has 0 radical (unpaired) electrons. The maximum Gasteiger partial charge on any atom is 0.313 e. The number of aliphatic hydroxyl groups excluding tert-OH is 1. The van der Waals surface area contributed by atoms with Crippen LogP contribution in [0.4, 0.5) is 0 Å². The van der Waals surface area contributed by atoms with Crippen LogP contribution in [0.25, 0.3) is 0 Å². The van der Waals surface area contributed by atoms with Gasteiger partial charge in [0.2, 0.25) is 0 Å². The van der Waals surface area contributed by atoms with Gasteiger partial charge in [-0.2, -0.15) is 0 Å². The Morgan fingerprint density at radius 2 is 1.94 bits per heavy atom. The largest absolute Gasteiger partial charge is 0.469 e. The lowest BCUT2D eigenvalue weighted by atomic mass is 9.76. The third-order valence-electron chi connectivity index (χ3n) is 2.86. The van der Waals surface area contributed by atoms with Gasteiger partial charge in [0, 0.05) is 6.61 Å². The van der Waals surface area contributed by atoms with Crippen molar-refractivity contribution in [3.63, 3.8) is 0 Å². The van der Waals surface area contributed by atoms with E-state index < -0.39 is 23.8 Å². The highest BCUT2D eigenvalue weighted by Crippen LogP contribution is 2.31. The highest BCUT2D eigenvalue weighted by atomic mass is 16.5. The molecule has 0 saturated carbocycles. The lowest BCUT2D eigenvalue weighted by Gasteiger charge is -2.30. The fourth-order valence-electron chi connectivity index (χ4n) is 1.98. The van der Waals surface area contributed by atoms with Crippen molar-refractivity contribution in [1.29, 1.82) is 0 Å². The minimum atomic E-state index is -0.664. The molecule has 3 atom stereocenters. The second-order valence-electron chi connectivity index (χ2n) is 3.70. The second kappa shape index (κ2) is 5.65. The number of hydrogen-bond donors (Lipinski definition) is 1. The first kappa shape index (κ1) is 12.7. The minimum absolute atomic E-state index is 0.155. The molecule has 0 aromatic heterocycles. The summed E-state index contributed by atoms with van der Waals surface area (Å²) in [7, 11) is 2.54. The van der Waals surface area contributed by atoms with E-state index >= 15 is 0 Å². The van der Waals surface area contributed by atoms with Gasteiger partial charge in [-0.25, -0.2) is 0 Å². The van der Waals surface area contributed by atoms with Gasteiger partial charge in [0.15, 0.2) is 0 Å². The molecule has 90 valence electrons. The summed E-state index contributed by atoms with van der Waals surface area (Å²) in [5, 5.41) is 9.18. The number of allylic oxidation sites excluding steroid dienone is 1. The molecule has 1 N–H and O–H groups in total. The Morgan fingerprint density at radius 3 is 2.44 bits per heavy atom. The molecule has 0 aromatic carbocycles. The van der Waals surface area contributed by atoms with E-state index in [0.717, 1.165) is 0 Å². The van der Waals surface area contributed by atoms with Gasteiger partial charge in [-0.3, -0.25) is 9.59 Å². The van der Waals surface area contributed by atoms with Crippen LogP contribution >= 0.6 is 0 Å². The van der Waals surface area contributed by atoms with Crippen molar-refractivity contribution >= 4 is 11.9 Å². The molecular weight excluding hydrogens is 212 g/mol. The highest BCUT2D eigenvalue weighted by Gasteiger charge is 2.40. The van der Waals surface area contributed by atoms with E-state index in [1.165, 1.54) is 14.2 Å². The lowest BCUT2D eigenvalue weighted by molar-refractivity contribution is -0.159. The topological polar surface area (TPSA) is 72.8 Å². The molecular formula is C11H16O5. The van der Waals surface area contributed by atoms with Gasteiger partial charge in [0.25, 0.3) is 0 Å². The number of hydrogen-bond acceptors (Lipinski definition) is 5. The van der Waals surface area contributed by atoms with Gasteiger partial charge in [-0.1, -0.05) is 12.2 Å². The smallest absolute Gasteiger partial charge is 0.313 e. The zero-order chi connectivity index (χ0) is 12.1. The number of rotatable bonds is 3. The summed E-state index contributed by atoms with van der Waals surface area (Å²) in [5.41, 5.74) is 0. The Hall–Kier alpha value is -1.36. The molecule has 0 fully saturated rings. The first-order chi connectivity index (χ1) is 7.65. The van der Waals surface area contributed by atoms with Gasteiger partial charge >= 0.3 is 11.9 Å². The molecule has 0 bridgehead atoms. The van der Waals surface area contributed by atoms with Crippen molar-refractivity contribution < 1.29 is 24.2 Å². The molecule has 1 aliphatic rings. The van der Waals surface area contributed by atoms with Crippen molar-refractivity contribution in [3.05, 3.63) is 12.2 Å². The Balaban J connectivity index is 2.95. The van der Waals surface area contributed by atoms with Crippen LogP contribution in [0.5, 0.6) is 0 Å². The first-order valence-electron chi connectivity index (χ1n) is 5.08. The van der Waals surface area contributed by atoms with Crippen LogP contribution in [-0.2, 0) is 19.1 Å². The van der Waals surface area contributed by atoms with E-state index in [9.17, 15) is 14.7 Å². The summed E-state index contributed by atoms with van der Waals surface area (Å²) in [6, 6.07) is 0. The predicted molar refractivity (Wildman–Crippen MR) is 55.3 cm³/mol. The molecule has 16 heavy (non-hydrogen) atoms. The highest BCUT2D eigenvalue weighted by molar-refractivity contribution is 5.84. The fraction of sp³-hybridized carbons (Fsp3) is 0.636. The molecule has 0 unspecified atom stereocenters. The van der Waals surface area contributed by atoms with Gasteiger partial charge in [-0.05, 0) is 12.3 Å². The van der Waals surface area contributed by atoms with Crippen LogP contribution in [0.15, 0.2) is 12.2 Å². The third kappa shape index (κ3) is 2.41.